The smallest absolute Gasteiger partial charge is 0.159 e. The molecule has 0 saturated carbocycles. The molecule has 0 aliphatic rings. The minimum atomic E-state index is 0.0689. The van der Waals surface area contributed by atoms with Crippen molar-refractivity contribution in [3.8, 4) is 22.4 Å². The van der Waals surface area contributed by atoms with E-state index in [-0.39, 0.29) is 5.78 Å². The van der Waals surface area contributed by atoms with Crippen LogP contribution < -0.4 is 0 Å². The Morgan fingerprint density at radius 3 is 2.09 bits per heavy atom. The average Bonchev–Trinajstić information content (AvgIpc) is 2.97. The molecule has 0 spiro atoms. The topological polar surface area (TPSA) is 39.1 Å². The number of aromatic nitrogens is 1. The highest BCUT2D eigenvalue weighted by Gasteiger charge is 2.08. The quantitative estimate of drug-likeness (QED) is 0.530. The number of aldehydes is 1. The molecule has 3 aromatic rings. The van der Waals surface area contributed by atoms with Crippen LogP contribution in [0.3, 0.4) is 0 Å². The van der Waals surface area contributed by atoms with Crippen molar-refractivity contribution >= 4 is 12.1 Å². The predicted octanol–water partition coefficient (Wildman–Crippen LogP) is 4.37. The predicted molar refractivity (Wildman–Crippen MR) is 91.7 cm³/mol. The van der Waals surface area contributed by atoms with Crippen LogP contribution in [0.25, 0.3) is 22.4 Å². The zero-order chi connectivity index (χ0) is 16.4. The zero-order valence-corrected chi connectivity index (χ0v) is 13.1. The fourth-order valence-corrected chi connectivity index (χ4v) is 2.64. The second-order valence-corrected chi connectivity index (χ2v) is 5.60. The number of Topliss-reactive ketones (excluding diaryl/α,β-unsaturated/α-hetero) is 1. The van der Waals surface area contributed by atoms with Crippen molar-refractivity contribution in [1.82, 2.24) is 4.57 Å². The molecule has 0 N–H and O–H groups in total. The van der Waals surface area contributed by atoms with Gasteiger partial charge in [-0.25, -0.2) is 0 Å². The Morgan fingerprint density at radius 1 is 0.913 bits per heavy atom. The van der Waals surface area contributed by atoms with Gasteiger partial charge in [0.25, 0.3) is 0 Å². The molecule has 1 heterocycles. The second kappa shape index (κ2) is 6.05. The van der Waals surface area contributed by atoms with E-state index in [2.05, 4.69) is 16.8 Å². The Kier molecular flexibility index (Phi) is 3.94. The van der Waals surface area contributed by atoms with Crippen LogP contribution in [0.4, 0.5) is 0 Å². The van der Waals surface area contributed by atoms with Crippen LogP contribution >= 0.6 is 0 Å². The van der Waals surface area contributed by atoms with E-state index in [1.807, 2.05) is 55.6 Å². The Labute approximate surface area is 135 Å². The average molecular weight is 303 g/mol. The maximum absolute atomic E-state index is 11.4. The summed E-state index contributed by atoms with van der Waals surface area (Å²) in [4.78, 5) is 22.1. The number of ketones is 1. The summed E-state index contributed by atoms with van der Waals surface area (Å²) in [6.07, 6.45) is 2.90. The Bertz CT molecular complexity index is 856. The summed E-state index contributed by atoms with van der Waals surface area (Å²) in [5.41, 5.74) is 5.69. The molecule has 0 saturated heterocycles. The Morgan fingerprint density at radius 2 is 1.52 bits per heavy atom. The van der Waals surface area contributed by atoms with Crippen LogP contribution in [0.1, 0.15) is 27.6 Å². The molecular formula is C20H17NO2. The van der Waals surface area contributed by atoms with Gasteiger partial charge in [-0.05, 0) is 29.7 Å². The summed E-state index contributed by atoms with van der Waals surface area (Å²) in [5.74, 6) is 0.0689. The lowest BCUT2D eigenvalue weighted by Crippen LogP contribution is -1.93. The van der Waals surface area contributed by atoms with Gasteiger partial charge in [0.1, 0.15) is 6.29 Å². The molecule has 3 nitrogen and oxygen atoms in total. The maximum Gasteiger partial charge on any atom is 0.159 e. The Hall–Kier alpha value is -2.94. The summed E-state index contributed by atoms with van der Waals surface area (Å²) in [6, 6.07) is 17.3. The number of carbonyl (C=O) groups excluding carboxylic acids is 2. The van der Waals surface area contributed by atoms with Crippen LogP contribution in [-0.4, -0.2) is 16.6 Å². The molecule has 3 heteroatoms. The van der Waals surface area contributed by atoms with Gasteiger partial charge >= 0.3 is 0 Å². The summed E-state index contributed by atoms with van der Waals surface area (Å²) in [6.45, 7) is 1.57. The van der Waals surface area contributed by atoms with Gasteiger partial charge in [-0.15, -0.1) is 0 Å². The SMILES string of the molecule is CC(=O)c1ccc(-c2cc(-c3ccc(C=O)cc3)cn2C)cc1. The highest BCUT2D eigenvalue weighted by Crippen LogP contribution is 2.28. The van der Waals surface area contributed by atoms with Gasteiger partial charge in [-0.1, -0.05) is 48.5 Å². The van der Waals surface area contributed by atoms with Gasteiger partial charge < -0.3 is 4.57 Å². The number of hydrogen-bond acceptors (Lipinski definition) is 2. The fourth-order valence-electron chi connectivity index (χ4n) is 2.64. The van der Waals surface area contributed by atoms with Gasteiger partial charge in [0.05, 0.1) is 0 Å². The third-order valence-corrected chi connectivity index (χ3v) is 3.97. The second-order valence-electron chi connectivity index (χ2n) is 5.60. The molecule has 3 rings (SSSR count). The molecule has 0 radical (unpaired) electrons. The van der Waals surface area contributed by atoms with Gasteiger partial charge in [0.15, 0.2) is 5.78 Å². The first-order valence-corrected chi connectivity index (χ1v) is 7.42. The van der Waals surface area contributed by atoms with Crippen molar-refractivity contribution in [3.05, 3.63) is 71.9 Å². The number of nitrogens with zero attached hydrogens (tertiary/aromatic N) is 1. The molecule has 0 fully saturated rings. The highest BCUT2D eigenvalue weighted by molar-refractivity contribution is 5.94. The van der Waals surface area contributed by atoms with E-state index in [1.54, 1.807) is 6.92 Å². The third kappa shape index (κ3) is 2.99. The lowest BCUT2D eigenvalue weighted by molar-refractivity contribution is 0.101. The normalized spacial score (nSPS) is 10.5. The lowest BCUT2D eigenvalue weighted by Gasteiger charge is -2.03. The van der Waals surface area contributed by atoms with Crippen LogP contribution in [-0.2, 0) is 7.05 Å². The molecule has 0 amide bonds. The molecule has 0 atom stereocenters. The molecule has 23 heavy (non-hydrogen) atoms. The molecule has 0 unspecified atom stereocenters. The molecular weight excluding hydrogens is 286 g/mol. The first-order chi connectivity index (χ1) is 11.1. The number of rotatable bonds is 4. The van der Waals surface area contributed by atoms with E-state index in [1.165, 1.54) is 0 Å². The standard InChI is InChI=1S/C20H17NO2/c1-14(23)16-7-9-18(10-8-16)20-11-19(12-21(20)2)17-5-3-15(13-22)4-6-17/h3-13H,1-2H3. The minimum Gasteiger partial charge on any atom is -0.350 e. The van der Waals surface area contributed by atoms with Crippen LogP contribution in [0.2, 0.25) is 0 Å². The van der Waals surface area contributed by atoms with Crippen LogP contribution in [0, 0.1) is 0 Å². The summed E-state index contributed by atoms with van der Waals surface area (Å²) in [7, 11) is 2.00. The van der Waals surface area contributed by atoms with Gasteiger partial charge in [0, 0.05) is 30.1 Å². The van der Waals surface area contributed by atoms with Crippen molar-refractivity contribution < 1.29 is 9.59 Å². The molecule has 0 aliphatic carbocycles. The summed E-state index contributed by atoms with van der Waals surface area (Å²) >= 11 is 0. The van der Waals surface area contributed by atoms with Gasteiger partial charge in [0.2, 0.25) is 0 Å². The van der Waals surface area contributed by atoms with Crippen LogP contribution in [0.15, 0.2) is 60.8 Å². The summed E-state index contributed by atoms with van der Waals surface area (Å²) in [5, 5.41) is 0. The van der Waals surface area contributed by atoms with Crippen molar-refractivity contribution in [1.29, 1.82) is 0 Å². The molecule has 114 valence electrons. The van der Waals surface area contributed by atoms with Crippen molar-refractivity contribution in [2.75, 3.05) is 0 Å². The van der Waals surface area contributed by atoms with E-state index in [0.717, 1.165) is 28.7 Å². The Balaban J connectivity index is 1.96. The molecule has 0 aliphatic heterocycles. The van der Waals surface area contributed by atoms with E-state index >= 15 is 0 Å². The lowest BCUT2D eigenvalue weighted by atomic mass is 10.0. The van der Waals surface area contributed by atoms with Crippen molar-refractivity contribution in [2.24, 2.45) is 7.05 Å². The minimum absolute atomic E-state index is 0.0689. The highest BCUT2D eigenvalue weighted by atomic mass is 16.1. The zero-order valence-electron chi connectivity index (χ0n) is 13.1. The third-order valence-electron chi connectivity index (χ3n) is 3.97. The van der Waals surface area contributed by atoms with E-state index in [4.69, 9.17) is 0 Å². The molecule has 1 aromatic heterocycles. The molecule has 0 bridgehead atoms. The van der Waals surface area contributed by atoms with E-state index in [9.17, 15) is 9.59 Å². The fraction of sp³-hybridized carbons (Fsp3) is 0.100. The number of carbonyl (C=O) groups is 2. The largest absolute Gasteiger partial charge is 0.350 e. The number of hydrogen-bond donors (Lipinski definition) is 0. The van der Waals surface area contributed by atoms with Crippen molar-refractivity contribution in [3.63, 3.8) is 0 Å². The van der Waals surface area contributed by atoms with E-state index in [0.29, 0.717) is 11.1 Å². The summed E-state index contributed by atoms with van der Waals surface area (Å²) < 4.78 is 2.06. The van der Waals surface area contributed by atoms with Gasteiger partial charge in [-0.2, -0.15) is 0 Å². The van der Waals surface area contributed by atoms with Gasteiger partial charge in [-0.3, -0.25) is 9.59 Å². The monoisotopic (exact) mass is 303 g/mol. The van der Waals surface area contributed by atoms with Crippen molar-refractivity contribution in [2.45, 2.75) is 6.92 Å². The van der Waals surface area contributed by atoms with Crippen LogP contribution in [0.5, 0.6) is 0 Å². The maximum atomic E-state index is 11.4. The number of benzene rings is 2. The number of aryl methyl sites for hydroxylation is 1. The van der Waals surface area contributed by atoms with E-state index < -0.39 is 0 Å². The first-order valence-electron chi connectivity index (χ1n) is 7.42. The molecule has 2 aromatic carbocycles. The first kappa shape index (κ1) is 15.0.